The number of hydrogen-bond acceptors (Lipinski definition) is 9. The van der Waals surface area contributed by atoms with Gasteiger partial charge in [-0.1, -0.05) is 62.3 Å². The van der Waals surface area contributed by atoms with Crippen molar-refractivity contribution in [3.8, 4) is 0 Å². The number of carbonyl (C=O) groups excluding carboxylic acids is 3. The molecule has 3 heterocycles. The fourth-order valence-electron chi connectivity index (χ4n) is 9.64. The molecule has 3 saturated heterocycles. The minimum absolute atomic E-state index is 0.00538. The Bertz CT molecular complexity index is 1530. The van der Waals surface area contributed by atoms with Gasteiger partial charge < -0.3 is 30.2 Å². The van der Waals surface area contributed by atoms with Gasteiger partial charge in [-0.2, -0.15) is 0 Å². The van der Waals surface area contributed by atoms with Crippen LogP contribution in [0.3, 0.4) is 0 Å². The van der Waals surface area contributed by atoms with E-state index in [1.54, 1.807) is 12.1 Å². The number of piperidine rings is 3. The lowest BCUT2D eigenvalue weighted by Gasteiger charge is -2.53. The molecule has 0 amide bonds. The topological polar surface area (TPSA) is 115 Å². The van der Waals surface area contributed by atoms with E-state index in [0.29, 0.717) is 19.3 Å². The van der Waals surface area contributed by atoms with Crippen LogP contribution in [0.25, 0.3) is 0 Å². The zero-order chi connectivity index (χ0) is 40.7. The van der Waals surface area contributed by atoms with Crippen molar-refractivity contribution in [1.29, 1.82) is 0 Å². The minimum Gasteiger partial charge on any atom is -0.458 e. The molecule has 54 heavy (non-hydrogen) atoms. The summed E-state index contributed by atoms with van der Waals surface area (Å²) in [5.74, 6) is -1.64. The van der Waals surface area contributed by atoms with Crippen molar-refractivity contribution < 1.29 is 28.6 Å². The summed E-state index contributed by atoms with van der Waals surface area (Å²) in [4.78, 5) is 42.8. The van der Waals surface area contributed by atoms with Crippen molar-refractivity contribution in [2.45, 2.75) is 213 Å². The Labute approximate surface area is 327 Å². The van der Waals surface area contributed by atoms with Crippen LogP contribution in [0.5, 0.6) is 0 Å². The normalized spacial score (nSPS) is 41.2. The highest BCUT2D eigenvalue weighted by atomic mass is 16.6. The van der Waals surface area contributed by atoms with Crippen LogP contribution in [0.4, 0.5) is 0 Å². The summed E-state index contributed by atoms with van der Waals surface area (Å²) in [6, 6.07) is 4.63. The maximum atomic E-state index is 14.5. The molecular formula is C45H75N3O6. The van der Waals surface area contributed by atoms with Crippen molar-refractivity contribution >= 4 is 17.9 Å². The standard InChI is InChI=1S/C45H75N3O6/c1-16-40(10)25-34(28(7)43(13,19-4)46-40)52-37(49)31-22-23-32(38(50)53-35-26-41(11,17-2)47-44(14,20-5)29(35)8)33(24-31)39(51)54-36-27-42(12,18-3)48-45(15,21-6)30(36)9/h22-24,28-30,34-36,46-48H,16-21,25-27H2,1-15H3. The minimum atomic E-state index is -0.630. The van der Waals surface area contributed by atoms with E-state index in [1.807, 2.05) is 0 Å². The van der Waals surface area contributed by atoms with Crippen molar-refractivity contribution in [1.82, 2.24) is 16.0 Å². The van der Waals surface area contributed by atoms with E-state index in [9.17, 15) is 14.4 Å². The van der Waals surface area contributed by atoms with Gasteiger partial charge in [0.15, 0.2) is 0 Å². The molecule has 0 bridgehead atoms. The molecule has 306 valence electrons. The van der Waals surface area contributed by atoms with Gasteiger partial charge in [-0.05, 0) is 98.3 Å². The summed E-state index contributed by atoms with van der Waals surface area (Å²) in [7, 11) is 0. The van der Waals surface area contributed by atoms with Gasteiger partial charge in [0.05, 0.1) is 16.7 Å². The first-order valence-corrected chi connectivity index (χ1v) is 21.2. The third-order valence-electron chi connectivity index (χ3n) is 15.4. The molecule has 4 rings (SSSR count). The van der Waals surface area contributed by atoms with Gasteiger partial charge in [0.25, 0.3) is 0 Å². The fourth-order valence-corrected chi connectivity index (χ4v) is 9.64. The Balaban J connectivity index is 1.72. The Morgan fingerprint density at radius 2 is 0.833 bits per heavy atom. The average molecular weight is 754 g/mol. The first kappa shape index (κ1) is 44.2. The van der Waals surface area contributed by atoms with Crippen LogP contribution in [-0.2, 0) is 14.2 Å². The highest BCUT2D eigenvalue weighted by Gasteiger charge is 2.51. The lowest BCUT2D eigenvalue weighted by molar-refractivity contribution is -0.0514. The molecule has 9 nitrogen and oxygen atoms in total. The molecular weight excluding hydrogens is 679 g/mol. The van der Waals surface area contributed by atoms with E-state index < -0.39 is 24.0 Å². The van der Waals surface area contributed by atoms with Gasteiger partial charge in [0, 0.05) is 70.2 Å². The molecule has 9 heteroatoms. The highest BCUT2D eigenvalue weighted by molar-refractivity contribution is 6.05. The molecule has 0 aromatic heterocycles. The number of hydrogen-bond donors (Lipinski definition) is 3. The SMILES string of the molecule is CCC1(C)CC(OC(=O)c2ccc(C(=O)OC3CC(C)(CC)NC(C)(CC)C3C)c(C(=O)OC3CC(C)(CC)NC(C)(CC)C3C)c2)C(C)C(C)(CC)N1. The van der Waals surface area contributed by atoms with Crippen molar-refractivity contribution in [2.24, 2.45) is 17.8 Å². The smallest absolute Gasteiger partial charge is 0.339 e. The average Bonchev–Trinajstić information content (AvgIpc) is 3.14. The van der Waals surface area contributed by atoms with Gasteiger partial charge >= 0.3 is 17.9 Å². The summed E-state index contributed by atoms with van der Waals surface area (Å²) in [5.41, 5.74) is -0.995. The lowest BCUT2D eigenvalue weighted by atomic mass is 9.70. The molecule has 3 aliphatic rings. The van der Waals surface area contributed by atoms with Crippen LogP contribution in [-0.4, -0.2) is 69.5 Å². The second-order valence-electron chi connectivity index (χ2n) is 19.0. The van der Waals surface area contributed by atoms with Gasteiger partial charge in [-0.3, -0.25) is 0 Å². The summed E-state index contributed by atoms with van der Waals surface area (Å²) >= 11 is 0. The van der Waals surface area contributed by atoms with Gasteiger partial charge in [0.1, 0.15) is 18.3 Å². The summed E-state index contributed by atoms with van der Waals surface area (Å²) < 4.78 is 19.1. The van der Waals surface area contributed by atoms with Crippen molar-refractivity contribution in [2.75, 3.05) is 0 Å². The number of esters is 3. The largest absolute Gasteiger partial charge is 0.458 e. The Morgan fingerprint density at radius 3 is 1.15 bits per heavy atom. The third kappa shape index (κ3) is 8.73. The molecule has 0 saturated carbocycles. The van der Waals surface area contributed by atoms with E-state index >= 15 is 0 Å². The zero-order valence-corrected chi connectivity index (χ0v) is 36.5. The molecule has 3 aliphatic heterocycles. The summed E-state index contributed by atoms with van der Waals surface area (Å²) in [6.45, 7) is 32.4. The number of ether oxygens (including phenoxy) is 3. The predicted molar refractivity (Wildman–Crippen MR) is 217 cm³/mol. The van der Waals surface area contributed by atoms with E-state index in [1.165, 1.54) is 6.07 Å². The van der Waals surface area contributed by atoms with Gasteiger partial charge in [-0.15, -0.1) is 0 Å². The van der Waals surface area contributed by atoms with Gasteiger partial charge in [-0.25, -0.2) is 14.4 Å². The van der Waals surface area contributed by atoms with E-state index in [4.69, 9.17) is 14.2 Å². The van der Waals surface area contributed by atoms with Crippen LogP contribution >= 0.6 is 0 Å². The van der Waals surface area contributed by atoms with E-state index in [0.717, 1.165) is 38.5 Å². The van der Waals surface area contributed by atoms with E-state index in [-0.39, 0.29) is 79.9 Å². The molecule has 12 unspecified atom stereocenters. The number of nitrogens with one attached hydrogen (secondary N) is 3. The summed E-state index contributed by atoms with van der Waals surface area (Å²) in [6.07, 6.45) is 6.12. The number of benzene rings is 1. The predicted octanol–water partition coefficient (Wildman–Crippen LogP) is 9.16. The van der Waals surface area contributed by atoms with Crippen LogP contribution in [0, 0.1) is 17.8 Å². The van der Waals surface area contributed by atoms with Crippen molar-refractivity contribution in [3.63, 3.8) is 0 Å². The summed E-state index contributed by atoms with van der Waals surface area (Å²) in [5, 5.41) is 11.5. The van der Waals surface area contributed by atoms with Crippen LogP contribution in [0.2, 0.25) is 0 Å². The first-order valence-electron chi connectivity index (χ1n) is 21.2. The molecule has 3 fully saturated rings. The highest BCUT2D eigenvalue weighted by Crippen LogP contribution is 2.42. The molecule has 12 atom stereocenters. The lowest BCUT2D eigenvalue weighted by Crippen LogP contribution is -2.66. The van der Waals surface area contributed by atoms with Crippen LogP contribution < -0.4 is 16.0 Å². The molecule has 0 spiro atoms. The third-order valence-corrected chi connectivity index (χ3v) is 15.4. The van der Waals surface area contributed by atoms with Gasteiger partial charge in [0.2, 0.25) is 0 Å². The monoisotopic (exact) mass is 754 g/mol. The zero-order valence-electron chi connectivity index (χ0n) is 36.5. The number of carbonyl (C=O) groups is 3. The fraction of sp³-hybridized carbons (Fsp3) is 0.800. The molecule has 1 aromatic rings. The second-order valence-corrected chi connectivity index (χ2v) is 19.0. The molecule has 3 N–H and O–H groups in total. The molecule has 0 aliphatic carbocycles. The Hall–Kier alpha value is -2.49. The Kier molecular flexibility index (Phi) is 13.2. The second kappa shape index (κ2) is 16.2. The quantitative estimate of drug-likeness (QED) is 0.142. The Morgan fingerprint density at radius 1 is 0.519 bits per heavy atom. The number of rotatable bonds is 12. The van der Waals surface area contributed by atoms with Crippen LogP contribution in [0.1, 0.15) is 193 Å². The molecule has 1 aromatic carbocycles. The maximum Gasteiger partial charge on any atom is 0.339 e. The maximum absolute atomic E-state index is 14.5. The van der Waals surface area contributed by atoms with E-state index in [2.05, 4.69) is 120 Å². The first-order chi connectivity index (χ1) is 25.0. The van der Waals surface area contributed by atoms with Crippen molar-refractivity contribution in [3.05, 3.63) is 34.9 Å². The molecule has 0 radical (unpaired) electrons. The van der Waals surface area contributed by atoms with Crippen LogP contribution in [0.15, 0.2) is 18.2 Å².